The van der Waals surface area contributed by atoms with Gasteiger partial charge in [-0.25, -0.2) is 0 Å². The van der Waals surface area contributed by atoms with Crippen molar-refractivity contribution in [1.29, 1.82) is 0 Å². The highest BCUT2D eigenvalue weighted by atomic mass is 28.4. The Balaban J connectivity index is 1.94. The summed E-state index contributed by atoms with van der Waals surface area (Å²) in [6, 6.07) is 11.9. The summed E-state index contributed by atoms with van der Waals surface area (Å²) in [6.07, 6.45) is 6.21. The fraction of sp³-hybridized carbons (Fsp3) is 0.500. The Morgan fingerprint density at radius 3 is 2.67 bits per heavy atom. The minimum atomic E-state index is -1.46. The highest BCUT2D eigenvalue weighted by molar-refractivity contribution is 6.71. The van der Waals surface area contributed by atoms with Gasteiger partial charge in [0.1, 0.15) is 0 Å². The van der Waals surface area contributed by atoms with Gasteiger partial charge in [-0.1, -0.05) is 42.0 Å². The normalized spacial score (nSPS) is 23.3. The molecule has 2 rings (SSSR count). The topological polar surface area (TPSA) is 9.23 Å². The molecule has 0 N–H and O–H groups in total. The second kappa shape index (κ2) is 5.85. The quantitative estimate of drug-likeness (QED) is 0.572. The maximum absolute atomic E-state index is 6.38. The van der Waals surface area contributed by atoms with E-state index in [2.05, 4.69) is 56.4 Å². The summed E-state index contributed by atoms with van der Waals surface area (Å²) in [7, 11) is -1.46. The SMILES string of the molecule is CC1=CC[Si](C)(C)OC(CCc2ccccc2)C1. The predicted molar refractivity (Wildman–Crippen MR) is 80.3 cm³/mol. The van der Waals surface area contributed by atoms with Crippen molar-refractivity contribution >= 4 is 8.32 Å². The van der Waals surface area contributed by atoms with Crippen LogP contribution in [0.2, 0.25) is 19.1 Å². The maximum Gasteiger partial charge on any atom is 0.190 e. The number of hydrogen-bond acceptors (Lipinski definition) is 1. The molecule has 0 fully saturated rings. The van der Waals surface area contributed by atoms with Crippen molar-refractivity contribution < 1.29 is 4.43 Å². The van der Waals surface area contributed by atoms with Crippen LogP contribution in [0.15, 0.2) is 42.0 Å². The second-order valence-electron chi connectivity index (χ2n) is 5.98. The lowest BCUT2D eigenvalue weighted by Gasteiger charge is -2.26. The van der Waals surface area contributed by atoms with Crippen molar-refractivity contribution in [2.24, 2.45) is 0 Å². The monoisotopic (exact) mass is 260 g/mol. The van der Waals surface area contributed by atoms with Crippen LogP contribution in [0.5, 0.6) is 0 Å². The summed E-state index contributed by atoms with van der Waals surface area (Å²) in [4.78, 5) is 0. The third-order valence-electron chi connectivity index (χ3n) is 3.58. The van der Waals surface area contributed by atoms with Gasteiger partial charge in [0.25, 0.3) is 0 Å². The van der Waals surface area contributed by atoms with Crippen molar-refractivity contribution in [2.45, 2.75) is 51.4 Å². The molecular weight excluding hydrogens is 236 g/mol. The van der Waals surface area contributed by atoms with Crippen molar-refractivity contribution in [2.75, 3.05) is 0 Å². The van der Waals surface area contributed by atoms with E-state index >= 15 is 0 Å². The number of allylic oxidation sites excluding steroid dienone is 1. The Morgan fingerprint density at radius 1 is 1.22 bits per heavy atom. The van der Waals surface area contributed by atoms with Crippen LogP contribution >= 0.6 is 0 Å². The molecule has 1 aromatic rings. The van der Waals surface area contributed by atoms with Gasteiger partial charge in [0.2, 0.25) is 0 Å². The van der Waals surface area contributed by atoms with Gasteiger partial charge in [0.05, 0.1) is 0 Å². The van der Waals surface area contributed by atoms with Gasteiger partial charge in [-0.05, 0) is 50.9 Å². The summed E-state index contributed by atoms with van der Waals surface area (Å²) in [5, 5.41) is 0. The highest BCUT2D eigenvalue weighted by Crippen LogP contribution is 2.26. The van der Waals surface area contributed by atoms with Crippen LogP contribution in [0.4, 0.5) is 0 Å². The van der Waals surface area contributed by atoms with Gasteiger partial charge in [-0.15, -0.1) is 0 Å². The van der Waals surface area contributed by atoms with Crippen LogP contribution in [0, 0.1) is 0 Å². The zero-order valence-electron chi connectivity index (χ0n) is 11.8. The first kappa shape index (κ1) is 13.6. The second-order valence-corrected chi connectivity index (χ2v) is 10.1. The average Bonchev–Trinajstić information content (AvgIpc) is 2.47. The van der Waals surface area contributed by atoms with Gasteiger partial charge < -0.3 is 4.43 Å². The minimum absolute atomic E-state index is 0.422. The van der Waals surface area contributed by atoms with E-state index in [4.69, 9.17) is 4.43 Å². The lowest BCUT2D eigenvalue weighted by Crippen LogP contribution is -2.33. The maximum atomic E-state index is 6.38. The van der Waals surface area contributed by atoms with Crippen molar-refractivity contribution in [3.05, 3.63) is 47.5 Å². The summed E-state index contributed by atoms with van der Waals surface area (Å²) >= 11 is 0. The molecule has 2 heteroatoms. The molecule has 0 amide bonds. The average molecular weight is 260 g/mol. The van der Waals surface area contributed by atoms with E-state index < -0.39 is 8.32 Å². The Hall–Kier alpha value is -0.863. The van der Waals surface area contributed by atoms with E-state index in [1.165, 1.54) is 17.2 Å². The molecule has 1 atom stereocenters. The summed E-state index contributed by atoms with van der Waals surface area (Å²) in [6.45, 7) is 6.91. The van der Waals surface area contributed by atoms with E-state index in [0.717, 1.165) is 19.3 Å². The lowest BCUT2D eigenvalue weighted by molar-refractivity contribution is 0.185. The van der Waals surface area contributed by atoms with Crippen LogP contribution in [-0.2, 0) is 10.8 Å². The Labute approximate surface area is 112 Å². The van der Waals surface area contributed by atoms with E-state index in [0.29, 0.717) is 6.10 Å². The van der Waals surface area contributed by atoms with Gasteiger partial charge >= 0.3 is 0 Å². The van der Waals surface area contributed by atoms with Crippen molar-refractivity contribution in [1.82, 2.24) is 0 Å². The predicted octanol–water partition coefficient (Wildman–Crippen LogP) is 4.56. The third-order valence-corrected chi connectivity index (χ3v) is 5.73. The fourth-order valence-corrected chi connectivity index (χ4v) is 4.58. The molecule has 0 spiro atoms. The van der Waals surface area contributed by atoms with Crippen molar-refractivity contribution in [3.63, 3.8) is 0 Å². The lowest BCUT2D eigenvalue weighted by atomic mass is 10.0. The Kier molecular flexibility index (Phi) is 4.41. The highest BCUT2D eigenvalue weighted by Gasteiger charge is 2.28. The Bertz CT molecular complexity index is 408. The molecular formula is C16H24OSi. The number of hydrogen-bond donors (Lipinski definition) is 0. The molecule has 1 heterocycles. The van der Waals surface area contributed by atoms with Crippen LogP contribution in [0.3, 0.4) is 0 Å². The Morgan fingerprint density at radius 2 is 1.94 bits per heavy atom. The van der Waals surface area contributed by atoms with E-state index in [1.54, 1.807) is 0 Å². The first-order valence-corrected chi connectivity index (χ1v) is 10.0. The molecule has 1 aliphatic heterocycles. The van der Waals surface area contributed by atoms with E-state index in [-0.39, 0.29) is 0 Å². The van der Waals surface area contributed by atoms with Gasteiger partial charge in [0, 0.05) is 6.10 Å². The molecule has 1 nitrogen and oxygen atoms in total. The first-order valence-electron chi connectivity index (χ1n) is 6.92. The first-order chi connectivity index (χ1) is 8.55. The number of rotatable bonds is 3. The number of benzene rings is 1. The smallest absolute Gasteiger partial charge is 0.190 e. The minimum Gasteiger partial charge on any atom is -0.414 e. The summed E-state index contributed by atoms with van der Waals surface area (Å²) in [5.41, 5.74) is 2.93. The molecule has 0 saturated carbocycles. The summed E-state index contributed by atoms with van der Waals surface area (Å²) in [5.74, 6) is 0. The third kappa shape index (κ3) is 4.11. The molecule has 0 aromatic heterocycles. The number of aryl methyl sites for hydroxylation is 1. The standard InChI is InChI=1S/C16H24OSi/c1-14-11-12-18(2,3)17-16(13-14)10-9-15-7-5-4-6-8-15/h4-8,11,16H,9-10,12-13H2,1-3H3. The van der Waals surface area contributed by atoms with E-state index in [9.17, 15) is 0 Å². The van der Waals surface area contributed by atoms with Crippen molar-refractivity contribution in [3.8, 4) is 0 Å². The van der Waals surface area contributed by atoms with Gasteiger partial charge in [-0.3, -0.25) is 0 Å². The zero-order chi connectivity index (χ0) is 13.0. The molecule has 1 aromatic carbocycles. The molecule has 1 unspecified atom stereocenters. The zero-order valence-corrected chi connectivity index (χ0v) is 12.8. The fourth-order valence-electron chi connectivity index (χ4n) is 2.54. The molecule has 0 radical (unpaired) electrons. The molecule has 98 valence electrons. The van der Waals surface area contributed by atoms with Crippen LogP contribution in [0.25, 0.3) is 0 Å². The van der Waals surface area contributed by atoms with Gasteiger partial charge in [0.15, 0.2) is 8.32 Å². The molecule has 1 aliphatic rings. The van der Waals surface area contributed by atoms with Crippen LogP contribution < -0.4 is 0 Å². The molecule has 18 heavy (non-hydrogen) atoms. The summed E-state index contributed by atoms with van der Waals surface area (Å²) < 4.78 is 6.38. The largest absolute Gasteiger partial charge is 0.414 e. The van der Waals surface area contributed by atoms with Gasteiger partial charge in [-0.2, -0.15) is 0 Å². The molecule has 0 bridgehead atoms. The van der Waals surface area contributed by atoms with E-state index in [1.807, 2.05) is 0 Å². The van der Waals surface area contributed by atoms with Crippen LogP contribution in [-0.4, -0.2) is 14.4 Å². The van der Waals surface area contributed by atoms with Crippen LogP contribution in [0.1, 0.15) is 25.3 Å². The molecule has 0 aliphatic carbocycles. The molecule has 0 saturated heterocycles.